The molecule has 0 saturated carbocycles. The highest BCUT2D eigenvalue weighted by atomic mass is 16.5. The molecular weight excluding hydrogens is 260 g/mol. The van der Waals surface area contributed by atoms with Crippen molar-refractivity contribution in [3.63, 3.8) is 0 Å². The van der Waals surface area contributed by atoms with E-state index in [9.17, 15) is 5.11 Å². The van der Waals surface area contributed by atoms with Gasteiger partial charge in [-0.25, -0.2) is 0 Å². The van der Waals surface area contributed by atoms with Crippen molar-refractivity contribution in [1.29, 1.82) is 0 Å². The lowest BCUT2D eigenvalue weighted by Crippen LogP contribution is -2.01. The molecule has 0 heterocycles. The minimum absolute atomic E-state index is 0.326. The SMILES string of the molecule is CCCCCCOCc1cc(C(C)C)c(O)c(C(C)C)c1. The molecule has 1 aromatic carbocycles. The van der Waals surface area contributed by atoms with Crippen LogP contribution in [0.5, 0.6) is 5.75 Å². The number of unbranched alkanes of at least 4 members (excludes halogenated alkanes) is 3. The summed E-state index contributed by atoms with van der Waals surface area (Å²) in [6.07, 6.45) is 4.94. The first kappa shape index (κ1) is 18.0. The van der Waals surface area contributed by atoms with Gasteiger partial charge in [-0.1, -0.05) is 53.9 Å². The zero-order valence-corrected chi connectivity index (χ0v) is 14.4. The van der Waals surface area contributed by atoms with Crippen LogP contribution in [0, 0.1) is 0 Å². The van der Waals surface area contributed by atoms with Crippen LogP contribution in [0.4, 0.5) is 0 Å². The van der Waals surface area contributed by atoms with Gasteiger partial charge in [0.15, 0.2) is 0 Å². The number of rotatable bonds is 9. The first-order valence-electron chi connectivity index (χ1n) is 8.40. The van der Waals surface area contributed by atoms with Gasteiger partial charge < -0.3 is 9.84 Å². The summed E-state index contributed by atoms with van der Waals surface area (Å²) in [7, 11) is 0. The molecule has 1 N–H and O–H groups in total. The van der Waals surface area contributed by atoms with E-state index < -0.39 is 0 Å². The third-order valence-electron chi connectivity index (χ3n) is 3.88. The van der Waals surface area contributed by atoms with Crippen LogP contribution in [-0.2, 0) is 11.3 Å². The van der Waals surface area contributed by atoms with Crippen LogP contribution in [0.1, 0.15) is 88.8 Å². The van der Waals surface area contributed by atoms with Crippen molar-refractivity contribution in [2.24, 2.45) is 0 Å². The molecule has 2 nitrogen and oxygen atoms in total. The van der Waals surface area contributed by atoms with Gasteiger partial charge in [0.25, 0.3) is 0 Å². The lowest BCUT2D eigenvalue weighted by molar-refractivity contribution is 0.116. The number of phenols is 1. The molecule has 0 saturated heterocycles. The van der Waals surface area contributed by atoms with Crippen LogP contribution in [0.2, 0.25) is 0 Å². The maximum absolute atomic E-state index is 10.4. The predicted octanol–water partition coefficient (Wildman–Crippen LogP) is 5.74. The summed E-state index contributed by atoms with van der Waals surface area (Å²) in [5.41, 5.74) is 3.24. The van der Waals surface area contributed by atoms with Crippen LogP contribution >= 0.6 is 0 Å². The van der Waals surface area contributed by atoms with Crippen molar-refractivity contribution in [3.05, 3.63) is 28.8 Å². The number of hydrogen-bond acceptors (Lipinski definition) is 2. The van der Waals surface area contributed by atoms with E-state index in [4.69, 9.17) is 4.74 Å². The Morgan fingerprint density at radius 2 is 1.52 bits per heavy atom. The molecule has 21 heavy (non-hydrogen) atoms. The number of hydrogen-bond donors (Lipinski definition) is 1. The molecule has 0 spiro atoms. The normalized spacial score (nSPS) is 11.6. The molecule has 0 aliphatic carbocycles. The fraction of sp³-hybridized carbons (Fsp3) is 0.684. The van der Waals surface area contributed by atoms with E-state index in [2.05, 4.69) is 46.8 Å². The third-order valence-corrected chi connectivity index (χ3v) is 3.88. The van der Waals surface area contributed by atoms with Gasteiger partial charge in [-0.15, -0.1) is 0 Å². The molecule has 0 fully saturated rings. The zero-order valence-electron chi connectivity index (χ0n) is 14.4. The Morgan fingerprint density at radius 3 is 2.00 bits per heavy atom. The summed E-state index contributed by atoms with van der Waals surface area (Å²) in [4.78, 5) is 0. The molecule has 120 valence electrons. The molecule has 2 heteroatoms. The van der Waals surface area contributed by atoms with Gasteiger partial charge in [-0.05, 0) is 47.1 Å². The molecule has 0 atom stereocenters. The molecule has 0 aliphatic rings. The predicted molar refractivity (Wildman–Crippen MR) is 90.1 cm³/mol. The largest absolute Gasteiger partial charge is 0.507 e. The first-order chi connectivity index (χ1) is 9.97. The van der Waals surface area contributed by atoms with Crippen LogP contribution in [-0.4, -0.2) is 11.7 Å². The monoisotopic (exact) mass is 292 g/mol. The van der Waals surface area contributed by atoms with Gasteiger partial charge in [0.1, 0.15) is 5.75 Å². The zero-order chi connectivity index (χ0) is 15.8. The molecule has 0 aromatic heterocycles. The number of aromatic hydroxyl groups is 1. The second-order valence-electron chi connectivity index (χ2n) is 6.55. The van der Waals surface area contributed by atoms with Crippen molar-refractivity contribution >= 4 is 0 Å². The summed E-state index contributed by atoms with van der Waals surface area (Å²) >= 11 is 0. The summed E-state index contributed by atoms with van der Waals surface area (Å²) in [6, 6.07) is 4.19. The van der Waals surface area contributed by atoms with Crippen LogP contribution in [0.25, 0.3) is 0 Å². The van der Waals surface area contributed by atoms with Gasteiger partial charge in [-0.3, -0.25) is 0 Å². The summed E-state index contributed by atoms with van der Waals surface area (Å²) < 4.78 is 5.79. The number of phenolic OH excluding ortho intramolecular Hbond substituents is 1. The summed E-state index contributed by atoms with van der Waals surface area (Å²) in [6.45, 7) is 12.2. The number of ether oxygens (including phenoxy) is 1. The Kier molecular flexibility index (Phi) is 7.81. The van der Waals surface area contributed by atoms with Crippen molar-refractivity contribution in [2.45, 2.75) is 78.7 Å². The molecule has 0 bridgehead atoms. The highest BCUT2D eigenvalue weighted by molar-refractivity contribution is 5.46. The van der Waals surface area contributed by atoms with Gasteiger partial charge in [0, 0.05) is 6.61 Å². The Labute approximate surface area is 130 Å². The molecule has 0 radical (unpaired) electrons. The van der Waals surface area contributed by atoms with E-state index in [0.29, 0.717) is 24.2 Å². The Morgan fingerprint density at radius 1 is 0.952 bits per heavy atom. The molecule has 0 aliphatic heterocycles. The van der Waals surface area contributed by atoms with Gasteiger partial charge in [-0.2, -0.15) is 0 Å². The van der Waals surface area contributed by atoms with Gasteiger partial charge in [0.05, 0.1) is 6.61 Å². The molecule has 1 aromatic rings. The highest BCUT2D eigenvalue weighted by Crippen LogP contribution is 2.34. The summed E-state index contributed by atoms with van der Waals surface area (Å²) in [5.74, 6) is 1.12. The van der Waals surface area contributed by atoms with E-state index >= 15 is 0 Å². The Bertz CT molecular complexity index is 393. The lowest BCUT2D eigenvalue weighted by atomic mass is 9.92. The maximum atomic E-state index is 10.4. The summed E-state index contributed by atoms with van der Waals surface area (Å²) in [5, 5.41) is 10.4. The van der Waals surface area contributed by atoms with Gasteiger partial charge >= 0.3 is 0 Å². The van der Waals surface area contributed by atoms with E-state index in [1.54, 1.807) is 0 Å². The smallest absolute Gasteiger partial charge is 0.122 e. The van der Waals surface area contributed by atoms with E-state index in [-0.39, 0.29) is 0 Å². The highest BCUT2D eigenvalue weighted by Gasteiger charge is 2.15. The standard InChI is InChI=1S/C19H32O2/c1-6-7-8-9-10-21-13-16-11-17(14(2)3)19(20)18(12-16)15(4)5/h11-12,14-15,20H,6-10,13H2,1-5H3. The van der Waals surface area contributed by atoms with Crippen molar-refractivity contribution in [1.82, 2.24) is 0 Å². The van der Waals surface area contributed by atoms with E-state index in [0.717, 1.165) is 24.2 Å². The van der Waals surface area contributed by atoms with Crippen molar-refractivity contribution in [3.8, 4) is 5.75 Å². The second kappa shape index (κ2) is 9.09. The quantitative estimate of drug-likeness (QED) is 0.588. The van der Waals surface area contributed by atoms with Crippen LogP contribution in [0.3, 0.4) is 0 Å². The molecular formula is C19H32O2. The fourth-order valence-electron chi connectivity index (χ4n) is 2.53. The average Bonchev–Trinajstić information content (AvgIpc) is 2.43. The van der Waals surface area contributed by atoms with Crippen LogP contribution < -0.4 is 0 Å². The third kappa shape index (κ3) is 5.70. The van der Waals surface area contributed by atoms with Crippen molar-refractivity contribution in [2.75, 3.05) is 6.61 Å². The second-order valence-corrected chi connectivity index (χ2v) is 6.55. The Hall–Kier alpha value is -1.02. The average molecular weight is 292 g/mol. The lowest BCUT2D eigenvalue weighted by Gasteiger charge is -2.17. The fourth-order valence-corrected chi connectivity index (χ4v) is 2.53. The topological polar surface area (TPSA) is 29.5 Å². The minimum atomic E-state index is 0.326. The molecule has 0 unspecified atom stereocenters. The van der Waals surface area contributed by atoms with E-state index in [1.165, 1.54) is 24.8 Å². The van der Waals surface area contributed by atoms with Gasteiger partial charge in [0.2, 0.25) is 0 Å². The van der Waals surface area contributed by atoms with Crippen LogP contribution in [0.15, 0.2) is 12.1 Å². The van der Waals surface area contributed by atoms with E-state index in [1.807, 2.05) is 0 Å². The number of benzene rings is 1. The maximum Gasteiger partial charge on any atom is 0.122 e. The molecule has 0 amide bonds. The minimum Gasteiger partial charge on any atom is -0.507 e. The van der Waals surface area contributed by atoms with Crippen molar-refractivity contribution < 1.29 is 9.84 Å². The molecule has 1 rings (SSSR count). The Balaban J connectivity index is 2.69. The first-order valence-corrected chi connectivity index (χ1v) is 8.40.